The molecule has 4 rings (SSSR count). The first-order valence-electron chi connectivity index (χ1n) is 9.09. The number of benzene rings is 2. The third-order valence-electron chi connectivity index (χ3n) is 5.27. The van der Waals surface area contributed by atoms with Crippen LogP contribution in [0.4, 0.5) is 0 Å². The summed E-state index contributed by atoms with van der Waals surface area (Å²) in [7, 11) is 0. The predicted molar refractivity (Wildman–Crippen MR) is 107 cm³/mol. The van der Waals surface area contributed by atoms with E-state index in [0.717, 1.165) is 22.0 Å². The van der Waals surface area contributed by atoms with E-state index in [2.05, 4.69) is 11.1 Å². The molecule has 4 nitrogen and oxygen atoms in total. The third kappa shape index (κ3) is 3.55. The smallest absolute Gasteiger partial charge is 0.255 e. The lowest BCUT2D eigenvalue weighted by molar-refractivity contribution is 0.0764. The maximum absolute atomic E-state index is 12.9. The molecule has 1 aliphatic heterocycles. The standard InChI is InChI=1S/C22H21ClN2O2/c1-14-6-7-19(23)18(10-14)22(27)25-12-16(21(26)13-25)11-15-8-9-24-20-5-3-2-4-17(15)20/h2-10,16,21,26H,11-13H2,1H3/t16-,21-/m1/s1. The number of aryl methyl sites for hydroxylation is 1. The number of carbonyl (C=O) groups excluding carboxylic acids is 1. The van der Waals surface area contributed by atoms with Gasteiger partial charge in [0.25, 0.3) is 5.91 Å². The van der Waals surface area contributed by atoms with Crippen molar-refractivity contribution in [1.82, 2.24) is 9.88 Å². The summed E-state index contributed by atoms with van der Waals surface area (Å²) in [6, 6.07) is 15.4. The van der Waals surface area contributed by atoms with Gasteiger partial charge >= 0.3 is 0 Å². The van der Waals surface area contributed by atoms with E-state index in [4.69, 9.17) is 11.6 Å². The average Bonchev–Trinajstić information content (AvgIpc) is 3.04. The van der Waals surface area contributed by atoms with Gasteiger partial charge in [0.2, 0.25) is 0 Å². The van der Waals surface area contributed by atoms with Crippen LogP contribution >= 0.6 is 11.6 Å². The molecule has 0 radical (unpaired) electrons. The van der Waals surface area contributed by atoms with E-state index in [1.807, 2.05) is 37.3 Å². The molecule has 0 aliphatic carbocycles. The molecule has 2 atom stereocenters. The van der Waals surface area contributed by atoms with Gasteiger partial charge in [-0.15, -0.1) is 0 Å². The first kappa shape index (κ1) is 18.0. The van der Waals surface area contributed by atoms with Crippen molar-refractivity contribution < 1.29 is 9.90 Å². The van der Waals surface area contributed by atoms with Crippen LogP contribution in [0.3, 0.4) is 0 Å². The summed E-state index contributed by atoms with van der Waals surface area (Å²) in [5.74, 6) is -0.131. The molecule has 1 aromatic heterocycles. The van der Waals surface area contributed by atoms with Crippen molar-refractivity contribution in [2.75, 3.05) is 13.1 Å². The Balaban J connectivity index is 1.55. The molecule has 1 amide bonds. The molecular formula is C22H21ClN2O2. The minimum Gasteiger partial charge on any atom is -0.391 e. The summed E-state index contributed by atoms with van der Waals surface area (Å²) in [4.78, 5) is 19.0. The number of fused-ring (bicyclic) bond motifs is 1. The van der Waals surface area contributed by atoms with E-state index in [9.17, 15) is 9.90 Å². The van der Waals surface area contributed by atoms with Crippen LogP contribution in [0, 0.1) is 12.8 Å². The number of para-hydroxylation sites is 1. The average molecular weight is 381 g/mol. The van der Waals surface area contributed by atoms with E-state index in [-0.39, 0.29) is 11.8 Å². The Bertz CT molecular complexity index is 999. The second-order valence-corrected chi connectivity index (χ2v) is 7.62. The molecule has 1 aliphatic rings. The highest BCUT2D eigenvalue weighted by atomic mass is 35.5. The Morgan fingerprint density at radius 1 is 1.22 bits per heavy atom. The molecule has 1 saturated heterocycles. The molecule has 1 N–H and O–H groups in total. The van der Waals surface area contributed by atoms with Crippen molar-refractivity contribution in [3.8, 4) is 0 Å². The van der Waals surface area contributed by atoms with Crippen LogP contribution in [0.5, 0.6) is 0 Å². The fraction of sp³-hybridized carbons (Fsp3) is 0.273. The van der Waals surface area contributed by atoms with Crippen LogP contribution in [-0.2, 0) is 6.42 Å². The van der Waals surface area contributed by atoms with Gasteiger partial charge < -0.3 is 10.0 Å². The Kier molecular flexibility index (Phi) is 4.85. The summed E-state index contributed by atoms with van der Waals surface area (Å²) in [5.41, 5.74) is 3.58. The number of hydrogen-bond acceptors (Lipinski definition) is 3. The minimum atomic E-state index is -0.551. The predicted octanol–water partition coefficient (Wildman–Crippen LogP) is 3.87. The monoisotopic (exact) mass is 380 g/mol. The van der Waals surface area contributed by atoms with E-state index >= 15 is 0 Å². The van der Waals surface area contributed by atoms with Gasteiger partial charge in [-0.2, -0.15) is 0 Å². The number of aromatic nitrogens is 1. The summed E-state index contributed by atoms with van der Waals surface area (Å²) < 4.78 is 0. The minimum absolute atomic E-state index is 0.0108. The fourth-order valence-electron chi connectivity index (χ4n) is 3.81. The van der Waals surface area contributed by atoms with Crippen LogP contribution in [0.25, 0.3) is 10.9 Å². The van der Waals surface area contributed by atoms with Crippen molar-refractivity contribution >= 4 is 28.4 Å². The van der Waals surface area contributed by atoms with Crippen LogP contribution < -0.4 is 0 Å². The summed E-state index contributed by atoms with van der Waals surface area (Å²) in [6.07, 6.45) is 1.95. The molecule has 5 heteroatoms. The van der Waals surface area contributed by atoms with Crippen molar-refractivity contribution in [2.24, 2.45) is 5.92 Å². The summed E-state index contributed by atoms with van der Waals surface area (Å²) >= 11 is 6.22. The number of rotatable bonds is 3. The normalized spacial score (nSPS) is 19.6. The fourth-order valence-corrected chi connectivity index (χ4v) is 4.01. The molecule has 2 aromatic carbocycles. The van der Waals surface area contributed by atoms with E-state index in [1.54, 1.807) is 23.2 Å². The number of aliphatic hydroxyl groups excluding tert-OH is 1. The Morgan fingerprint density at radius 3 is 2.89 bits per heavy atom. The number of pyridine rings is 1. The van der Waals surface area contributed by atoms with Crippen molar-refractivity contribution in [2.45, 2.75) is 19.4 Å². The van der Waals surface area contributed by atoms with Gasteiger partial charge in [0.1, 0.15) is 0 Å². The number of hydrogen-bond donors (Lipinski definition) is 1. The van der Waals surface area contributed by atoms with E-state index < -0.39 is 6.10 Å². The van der Waals surface area contributed by atoms with Crippen molar-refractivity contribution in [3.05, 3.63) is 76.4 Å². The molecule has 0 unspecified atom stereocenters. The molecule has 138 valence electrons. The quantitative estimate of drug-likeness (QED) is 0.750. The number of likely N-dealkylation sites (tertiary alicyclic amines) is 1. The molecular weight excluding hydrogens is 360 g/mol. The van der Waals surface area contributed by atoms with Crippen LogP contribution in [0.2, 0.25) is 5.02 Å². The molecule has 27 heavy (non-hydrogen) atoms. The molecule has 1 fully saturated rings. The zero-order chi connectivity index (χ0) is 19.0. The highest BCUT2D eigenvalue weighted by Crippen LogP contribution is 2.28. The molecule has 0 bridgehead atoms. The Morgan fingerprint density at radius 2 is 2.04 bits per heavy atom. The van der Waals surface area contributed by atoms with Gasteiger partial charge in [0.15, 0.2) is 0 Å². The third-order valence-corrected chi connectivity index (χ3v) is 5.60. The van der Waals surface area contributed by atoms with Crippen LogP contribution in [0.1, 0.15) is 21.5 Å². The number of halogens is 1. The van der Waals surface area contributed by atoms with Gasteiger partial charge in [0.05, 0.1) is 22.2 Å². The van der Waals surface area contributed by atoms with E-state index in [0.29, 0.717) is 30.1 Å². The summed E-state index contributed by atoms with van der Waals surface area (Å²) in [6.45, 7) is 2.78. The van der Waals surface area contributed by atoms with Gasteiger partial charge in [-0.3, -0.25) is 9.78 Å². The first-order chi connectivity index (χ1) is 13.0. The second kappa shape index (κ2) is 7.29. The number of amides is 1. The Labute approximate surface area is 163 Å². The zero-order valence-electron chi connectivity index (χ0n) is 15.1. The van der Waals surface area contributed by atoms with Gasteiger partial charge in [-0.05, 0) is 43.2 Å². The topological polar surface area (TPSA) is 53.4 Å². The molecule has 2 heterocycles. The number of nitrogens with zero attached hydrogens (tertiary/aromatic N) is 2. The lowest BCUT2D eigenvalue weighted by Crippen LogP contribution is -2.29. The van der Waals surface area contributed by atoms with E-state index in [1.165, 1.54) is 0 Å². The highest BCUT2D eigenvalue weighted by molar-refractivity contribution is 6.33. The van der Waals surface area contributed by atoms with Gasteiger partial charge in [0, 0.05) is 30.6 Å². The largest absolute Gasteiger partial charge is 0.391 e. The second-order valence-electron chi connectivity index (χ2n) is 7.21. The first-order valence-corrected chi connectivity index (χ1v) is 9.47. The van der Waals surface area contributed by atoms with Crippen molar-refractivity contribution in [3.63, 3.8) is 0 Å². The molecule has 0 saturated carbocycles. The number of carbonyl (C=O) groups is 1. The zero-order valence-corrected chi connectivity index (χ0v) is 15.9. The number of aliphatic hydroxyl groups is 1. The maximum Gasteiger partial charge on any atom is 0.255 e. The van der Waals surface area contributed by atoms with Crippen LogP contribution in [-0.4, -0.2) is 40.1 Å². The lowest BCUT2D eigenvalue weighted by Gasteiger charge is -2.17. The summed E-state index contributed by atoms with van der Waals surface area (Å²) in [5, 5.41) is 12.1. The maximum atomic E-state index is 12.9. The number of β-amino-alcohol motifs (C(OH)–C–C–N with tert-alkyl or cyclic N) is 1. The molecule has 0 spiro atoms. The lowest BCUT2D eigenvalue weighted by atomic mass is 9.94. The van der Waals surface area contributed by atoms with Gasteiger partial charge in [-0.1, -0.05) is 41.4 Å². The highest BCUT2D eigenvalue weighted by Gasteiger charge is 2.35. The van der Waals surface area contributed by atoms with Crippen LogP contribution in [0.15, 0.2) is 54.7 Å². The SMILES string of the molecule is Cc1ccc(Cl)c(C(=O)N2C[C@@H](Cc3ccnc4ccccc34)[C@H](O)C2)c1. The molecule has 3 aromatic rings. The van der Waals surface area contributed by atoms with Gasteiger partial charge in [-0.25, -0.2) is 0 Å². The van der Waals surface area contributed by atoms with Crippen molar-refractivity contribution in [1.29, 1.82) is 0 Å². The Hall–Kier alpha value is -2.43.